The van der Waals surface area contributed by atoms with E-state index in [0.29, 0.717) is 6.54 Å². The summed E-state index contributed by atoms with van der Waals surface area (Å²) >= 11 is 0. The van der Waals surface area contributed by atoms with E-state index in [1.165, 1.54) is 17.7 Å². The number of piperazine rings is 1. The Kier molecular flexibility index (Phi) is 6.19. The summed E-state index contributed by atoms with van der Waals surface area (Å²) < 4.78 is 13.2. The van der Waals surface area contributed by atoms with E-state index < -0.39 is 6.10 Å². The molecule has 2 aromatic rings. The van der Waals surface area contributed by atoms with E-state index in [9.17, 15) is 9.50 Å². The molecule has 25 heavy (non-hydrogen) atoms. The molecule has 1 aliphatic heterocycles. The largest absolute Gasteiger partial charge is 0.387 e. The van der Waals surface area contributed by atoms with Crippen molar-refractivity contribution in [2.24, 2.45) is 0 Å². The van der Waals surface area contributed by atoms with Crippen LogP contribution in [0, 0.1) is 12.7 Å². The molecule has 4 heteroatoms. The Labute approximate surface area is 149 Å². The Morgan fingerprint density at radius 1 is 1.00 bits per heavy atom. The van der Waals surface area contributed by atoms with E-state index in [1.807, 2.05) is 6.92 Å². The van der Waals surface area contributed by atoms with Gasteiger partial charge in [-0.1, -0.05) is 36.4 Å². The highest BCUT2D eigenvalue weighted by molar-refractivity contribution is 5.28. The number of aliphatic hydroxyl groups excluding tert-OH is 1. The molecule has 0 bridgehead atoms. The first-order valence-corrected chi connectivity index (χ1v) is 9.04. The van der Waals surface area contributed by atoms with Gasteiger partial charge in [-0.15, -0.1) is 0 Å². The van der Waals surface area contributed by atoms with Gasteiger partial charge in [-0.3, -0.25) is 4.90 Å². The zero-order chi connectivity index (χ0) is 17.6. The summed E-state index contributed by atoms with van der Waals surface area (Å²) in [5.74, 6) is -0.250. The number of β-amino-alcohol motifs (C(OH)–C–C–N with tert-alkyl or cyclic N) is 1. The van der Waals surface area contributed by atoms with Crippen molar-refractivity contribution in [3.63, 3.8) is 0 Å². The number of hydrogen-bond donors (Lipinski definition) is 1. The predicted octanol–water partition coefficient (Wildman–Crippen LogP) is 3.03. The molecule has 134 valence electrons. The summed E-state index contributed by atoms with van der Waals surface area (Å²) in [5.41, 5.74) is 3.02. The Bertz CT molecular complexity index is 669. The standard InChI is InChI=1S/C21H27FN2O/c1-17-15-19(22)7-8-20(17)21(25)16-24-13-11-23(12-14-24)10-9-18-5-3-2-4-6-18/h2-8,15,21,25H,9-14,16H2,1H3. The van der Waals surface area contributed by atoms with E-state index >= 15 is 0 Å². The van der Waals surface area contributed by atoms with Gasteiger partial charge in [-0.05, 0) is 42.2 Å². The fraction of sp³-hybridized carbons (Fsp3) is 0.429. The van der Waals surface area contributed by atoms with E-state index in [1.54, 1.807) is 6.07 Å². The normalized spacial score (nSPS) is 17.6. The van der Waals surface area contributed by atoms with Gasteiger partial charge in [0.2, 0.25) is 0 Å². The van der Waals surface area contributed by atoms with Gasteiger partial charge in [-0.25, -0.2) is 4.39 Å². The molecule has 3 rings (SSSR count). The van der Waals surface area contributed by atoms with Gasteiger partial charge in [0.1, 0.15) is 5.82 Å². The zero-order valence-electron chi connectivity index (χ0n) is 14.9. The number of aliphatic hydroxyl groups is 1. The SMILES string of the molecule is Cc1cc(F)ccc1C(O)CN1CCN(CCc2ccccc2)CC1. The Balaban J connectivity index is 1.44. The second-order valence-electron chi connectivity index (χ2n) is 6.89. The van der Waals surface area contributed by atoms with Gasteiger partial charge in [0, 0.05) is 39.3 Å². The molecular formula is C21H27FN2O. The lowest BCUT2D eigenvalue weighted by atomic mass is 10.0. The first-order valence-electron chi connectivity index (χ1n) is 9.04. The minimum atomic E-state index is -0.559. The summed E-state index contributed by atoms with van der Waals surface area (Å²) in [6.07, 6.45) is 0.523. The third kappa shape index (κ3) is 5.11. The first-order chi connectivity index (χ1) is 12.1. The maximum absolute atomic E-state index is 13.2. The van der Waals surface area contributed by atoms with Crippen LogP contribution in [-0.4, -0.2) is 54.2 Å². The first kappa shape index (κ1) is 18.1. The van der Waals surface area contributed by atoms with Gasteiger partial charge >= 0.3 is 0 Å². The number of aryl methyl sites for hydroxylation is 1. The second-order valence-corrected chi connectivity index (χ2v) is 6.89. The van der Waals surface area contributed by atoms with Crippen molar-refractivity contribution in [1.29, 1.82) is 0 Å². The maximum Gasteiger partial charge on any atom is 0.123 e. The van der Waals surface area contributed by atoms with E-state index in [4.69, 9.17) is 0 Å². The Hall–Kier alpha value is -1.75. The third-order valence-electron chi connectivity index (χ3n) is 5.05. The van der Waals surface area contributed by atoms with Gasteiger partial charge < -0.3 is 10.0 Å². The fourth-order valence-electron chi connectivity index (χ4n) is 3.48. The van der Waals surface area contributed by atoms with Crippen LogP contribution in [0.3, 0.4) is 0 Å². The lowest BCUT2D eigenvalue weighted by Gasteiger charge is -2.35. The Morgan fingerprint density at radius 2 is 1.68 bits per heavy atom. The molecule has 0 aromatic heterocycles. The number of benzene rings is 2. The summed E-state index contributed by atoms with van der Waals surface area (Å²) in [5, 5.41) is 10.5. The molecular weight excluding hydrogens is 315 g/mol. The molecule has 1 unspecified atom stereocenters. The fourth-order valence-corrected chi connectivity index (χ4v) is 3.48. The summed E-state index contributed by atoms with van der Waals surface area (Å²) in [4.78, 5) is 4.78. The molecule has 0 amide bonds. The smallest absolute Gasteiger partial charge is 0.123 e. The van der Waals surface area contributed by atoms with E-state index in [-0.39, 0.29) is 5.82 Å². The van der Waals surface area contributed by atoms with Gasteiger partial charge in [0.15, 0.2) is 0 Å². The molecule has 0 radical (unpaired) electrons. The van der Waals surface area contributed by atoms with Crippen LogP contribution in [0.5, 0.6) is 0 Å². The van der Waals surface area contributed by atoms with Crippen LogP contribution in [0.4, 0.5) is 4.39 Å². The highest BCUT2D eigenvalue weighted by atomic mass is 19.1. The van der Waals surface area contributed by atoms with Gasteiger partial charge in [0.25, 0.3) is 0 Å². The van der Waals surface area contributed by atoms with Crippen molar-refractivity contribution in [3.05, 3.63) is 71.0 Å². The summed E-state index contributed by atoms with van der Waals surface area (Å²) in [6.45, 7) is 7.53. The summed E-state index contributed by atoms with van der Waals surface area (Å²) in [6, 6.07) is 15.2. The average Bonchev–Trinajstić information content (AvgIpc) is 2.62. The van der Waals surface area contributed by atoms with Crippen molar-refractivity contribution in [2.75, 3.05) is 39.3 Å². The van der Waals surface area contributed by atoms with Gasteiger partial charge in [0.05, 0.1) is 6.10 Å². The molecule has 1 atom stereocenters. The number of halogens is 1. The molecule has 2 aromatic carbocycles. The molecule has 1 heterocycles. The minimum Gasteiger partial charge on any atom is -0.387 e. The number of hydrogen-bond acceptors (Lipinski definition) is 3. The van der Waals surface area contributed by atoms with Crippen LogP contribution in [-0.2, 0) is 6.42 Å². The van der Waals surface area contributed by atoms with Crippen molar-refractivity contribution in [2.45, 2.75) is 19.4 Å². The lowest BCUT2D eigenvalue weighted by molar-refractivity contribution is 0.0726. The van der Waals surface area contributed by atoms with Crippen molar-refractivity contribution in [1.82, 2.24) is 9.80 Å². The molecule has 1 aliphatic rings. The molecule has 0 saturated carbocycles. The van der Waals surface area contributed by atoms with Crippen molar-refractivity contribution < 1.29 is 9.50 Å². The number of nitrogens with zero attached hydrogens (tertiary/aromatic N) is 2. The maximum atomic E-state index is 13.2. The van der Waals surface area contributed by atoms with Crippen molar-refractivity contribution >= 4 is 0 Å². The van der Waals surface area contributed by atoms with E-state index in [2.05, 4.69) is 40.1 Å². The summed E-state index contributed by atoms with van der Waals surface area (Å²) in [7, 11) is 0. The lowest BCUT2D eigenvalue weighted by Crippen LogP contribution is -2.48. The predicted molar refractivity (Wildman–Crippen MR) is 99.1 cm³/mol. The van der Waals surface area contributed by atoms with Gasteiger partial charge in [-0.2, -0.15) is 0 Å². The zero-order valence-corrected chi connectivity index (χ0v) is 14.9. The quantitative estimate of drug-likeness (QED) is 0.874. The molecule has 1 N–H and O–H groups in total. The van der Waals surface area contributed by atoms with Crippen LogP contribution in [0.1, 0.15) is 22.8 Å². The van der Waals surface area contributed by atoms with Crippen LogP contribution in [0.15, 0.2) is 48.5 Å². The molecule has 1 fully saturated rings. The second kappa shape index (κ2) is 8.56. The molecule has 1 saturated heterocycles. The average molecular weight is 342 g/mol. The molecule has 0 aliphatic carbocycles. The van der Waals surface area contributed by atoms with Crippen LogP contribution in [0.2, 0.25) is 0 Å². The highest BCUT2D eigenvalue weighted by Gasteiger charge is 2.20. The van der Waals surface area contributed by atoms with Crippen molar-refractivity contribution in [3.8, 4) is 0 Å². The third-order valence-corrected chi connectivity index (χ3v) is 5.05. The molecule has 3 nitrogen and oxygen atoms in total. The van der Waals surface area contributed by atoms with E-state index in [0.717, 1.165) is 50.3 Å². The monoisotopic (exact) mass is 342 g/mol. The Morgan fingerprint density at radius 3 is 2.36 bits per heavy atom. The molecule has 0 spiro atoms. The topological polar surface area (TPSA) is 26.7 Å². The highest BCUT2D eigenvalue weighted by Crippen LogP contribution is 2.20. The number of rotatable bonds is 6. The van der Waals surface area contributed by atoms with Crippen LogP contribution >= 0.6 is 0 Å². The van der Waals surface area contributed by atoms with Crippen LogP contribution < -0.4 is 0 Å². The van der Waals surface area contributed by atoms with Crippen LogP contribution in [0.25, 0.3) is 0 Å². The minimum absolute atomic E-state index is 0.250.